The van der Waals surface area contributed by atoms with Crippen molar-refractivity contribution in [1.29, 1.82) is 0 Å². The Bertz CT molecular complexity index is 611. The number of nitrogens with two attached hydrogens (primary N) is 1. The highest BCUT2D eigenvalue weighted by Gasteiger charge is 2.09. The monoisotopic (exact) mass is 368 g/mol. The maximum Gasteiger partial charge on any atom is 0.148 e. The van der Waals surface area contributed by atoms with Gasteiger partial charge < -0.3 is 20.9 Å². The quantitative estimate of drug-likeness (QED) is 0.656. The average molecular weight is 369 g/mol. The highest BCUT2D eigenvalue weighted by molar-refractivity contribution is 9.10. The van der Waals surface area contributed by atoms with Crippen LogP contribution in [0.4, 0.5) is 15.8 Å². The maximum atomic E-state index is 13.4. The van der Waals surface area contributed by atoms with Gasteiger partial charge in [0.1, 0.15) is 5.82 Å². The second-order valence-electron chi connectivity index (χ2n) is 4.89. The first-order valence-electron chi connectivity index (χ1n) is 6.84. The molecule has 0 bridgehead atoms. The Kier molecular flexibility index (Phi) is 6.18. The van der Waals surface area contributed by atoms with Crippen molar-refractivity contribution >= 4 is 27.3 Å². The predicted octanol–water partition coefficient (Wildman–Crippen LogP) is 3.16. The first-order valence-corrected chi connectivity index (χ1v) is 7.63. The Hall–Kier alpha value is -1.63. The van der Waals surface area contributed by atoms with Crippen molar-refractivity contribution in [2.45, 2.75) is 12.7 Å². The Balaban J connectivity index is 1.76. The molecule has 0 spiro atoms. The zero-order valence-electron chi connectivity index (χ0n) is 11.9. The van der Waals surface area contributed by atoms with E-state index in [1.54, 1.807) is 0 Å². The summed E-state index contributed by atoms with van der Waals surface area (Å²) in [6.07, 6.45) is -0.698. The molecule has 2 aromatic rings. The van der Waals surface area contributed by atoms with Gasteiger partial charge in [-0.1, -0.05) is 30.3 Å². The van der Waals surface area contributed by atoms with Gasteiger partial charge in [-0.3, -0.25) is 0 Å². The molecule has 0 fully saturated rings. The minimum atomic E-state index is -0.698. The van der Waals surface area contributed by atoms with E-state index >= 15 is 0 Å². The molecule has 0 aliphatic carbocycles. The van der Waals surface area contributed by atoms with E-state index in [9.17, 15) is 9.50 Å². The summed E-state index contributed by atoms with van der Waals surface area (Å²) in [5.41, 5.74) is 7.12. The van der Waals surface area contributed by atoms with Crippen molar-refractivity contribution in [2.24, 2.45) is 0 Å². The Labute approximate surface area is 137 Å². The number of aliphatic hydroxyl groups excluding tert-OH is 1. The van der Waals surface area contributed by atoms with Crippen molar-refractivity contribution in [1.82, 2.24) is 0 Å². The summed E-state index contributed by atoms with van der Waals surface area (Å²) in [5, 5.41) is 12.8. The molecule has 0 unspecified atom stereocenters. The third-order valence-corrected chi connectivity index (χ3v) is 3.69. The number of nitrogens with one attached hydrogen (secondary N) is 1. The van der Waals surface area contributed by atoms with Crippen LogP contribution in [-0.2, 0) is 11.3 Å². The third-order valence-electron chi connectivity index (χ3n) is 3.04. The van der Waals surface area contributed by atoms with E-state index in [1.807, 2.05) is 30.3 Å². The summed E-state index contributed by atoms with van der Waals surface area (Å²) in [6.45, 7) is 0.881. The fraction of sp³-hybridized carbons (Fsp3) is 0.250. The van der Waals surface area contributed by atoms with Gasteiger partial charge in [-0.25, -0.2) is 4.39 Å². The lowest BCUT2D eigenvalue weighted by atomic mass is 10.2. The molecule has 0 aromatic heterocycles. The van der Waals surface area contributed by atoms with E-state index < -0.39 is 11.9 Å². The lowest BCUT2D eigenvalue weighted by molar-refractivity contribution is 0.0348. The van der Waals surface area contributed by atoms with Crippen LogP contribution in [0.2, 0.25) is 0 Å². The molecule has 1 atom stereocenters. The normalized spacial score (nSPS) is 12.1. The van der Waals surface area contributed by atoms with Gasteiger partial charge in [-0.2, -0.15) is 0 Å². The van der Waals surface area contributed by atoms with Crippen LogP contribution in [0.15, 0.2) is 46.9 Å². The molecule has 4 N–H and O–H groups in total. The molecule has 6 heteroatoms. The van der Waals surface area contributed by atoms with E-state index in [4.69, 9.17) is 10.5 Å². The first kappa shape index (κ1) is 16.7. The summed E-state index contributed by atoms with van der Waals surface area (Å²) in [4.78, 5) is 0. The van der Waals surface area contributed by atoms with Crippen molar-refractivity contribution in [2.75, 3.05) is 24.2 Å². The molecule has 0 aliphatic heterocycles. The van der Waals surface area contributed by atoms with E-state index in [0.717, 1.165) is 5.56 Å². The molecule has 0 saturated heterocycles. The Morgan fingerprint density at radius 1 is 1.27 bits per heavy atom. The number of aliphatic hydroxyl groups is 1. The highest BCUT2D eigenvalue weighted by atomic mass is 79.9. The van der Waals surface area contributed by atoms with Crippen LogP contribution in [0.5, 0.6) is 0 Å². The SMILES string of the molecule is Nc1cc(Br)c(NC[C@@H](O)COCc2ccccc2)cc1F. The molecule has 2 rings (SSSR count). The number of anilines is 2. The molecule has 0 radical (unpaired) electrons. The number of nitrogen functional groups attached to an aromatic ring is 1. The van der Waals surface area contributed by atoms with E-state index in [-0.39, 0.29) is 18.8 Å². The molecule has 0 saturated carbocycles. The predicted molar refractivity (Wildman–Crippen MR) is 89.1 cm³/mol. The second-order valence-corrected chi connectivity index (χ2v) is 5.74. The molecular weight excluding hydrogens is 351 g/mol. The van der Waals surface area contributed by atoms with Crippen molar-refractivity contribution < 1.29 is 14.2 Å². The van der Waals surface area contributed by atoms with Crippen LogP contribution < -0.4 is 11.1 Å². The van der Waals surface area contributed by atoms with Gasteiger partial charge in [-0.05, 0) is 27.6 Å². The first-order chi connectivity index (χ1) is 10.6. The lowest BCUT2D eigenvalue weighted by Gasteiger charge is -2.15. The van der Waals surface area contributed by atoms with E-state index in [0.29, 0.717) is 16.8 Å². The summed E-state index contributed by atoms with van der Waals surface area (Å²) >= 11 is 3.29. The van der Waals surface area contributed by atoms with Crippen LogP contribution >= 0.6 is 15.9 Å². The molecular formula is C16H18BrFN2O2. The fourth-order valence-corrected chi connectivity index (χ4v) is 2.37. The highest BCUT2D eigenvalue weighted by Crippen LogP contribution is 2.27. The molecule has 22 heavy (non-hydrogen) atoms. The molecule has 4 nitrogen and oxygen atoms in total. The van der Waals surface area contributed by atoms with Gasteiger partial charge in [0.05, 0.1) is 30.7 Å². The molecule has 0 heterocycles. The molecule has 2 aromatic carbocycles. The summed E-state index contributed by atoms with van der Waals surface area (Å²) in [5.74, 6) is -0.500. The van der Waals surface area contributed by atoms with Crippen molar-refractivity contribution in [3.63, 3.8) is 0 Å². The van der Waals surface area contributed by atoms with Crippen LogP contribution in [0.1, 0.15) is 5.56 Å². The number of rotatable bonds is 7. The second kappa shape index (κ2) is 8.12. The molecule has 0 amide bonds. The molecule has 118 valence electrons. The van der Waals surface area contributed by atoms with Gasteiger partial charge in [0.25, 0.3) is 0 Å². The maximum absolute atomic E-state index is 13.4. The van der Waals surface area contributed by atoms with Gasteiger partial charge in [0.15, 0.2) is 0 Å². The topological polar surface area (TPSA) is 67.5 Å². The molecule has 0 aliphatic rings. The van der Waals surface area contributed by atoms with Gasteiger partial charge >= 0.3 is 0 Å². The largest absolute Gasteiger partial charge is 0.396 e. The average Bonchev–Trinajstić information content (AvgIpc) is 2.50. The number of benzene rings is 2. The number of ether oxygens (including phenoxy) is 1. The van der Waals surface area contributed by atoms with Crippen LogP contribution in [0, 0.1) is 5.82 Å². The van der Waals surface area contributed by atoms with Crippen molar-refractivity contribution in [3.8, 4) is 0 Å². The zero-order chi connectivity index (χ0) is 15.9. The van der Waals surface area contributed by atoms with Crippen LogP contribution in [0.25, 0.3) is 0 Å². The minimum absolute atomic E-state index is 0.0733. The van der Waals surface area contributed by atoms with Crippen LogP contribution in [-0.4, -0.2) is 24.4 Å². The number of halogens is 2. The zero-order valence-corrected chi connectivity index (χ0v) is 13.5. The fourth-order valence-electron chi connectivity index (χ4n) is 1.87. The standard InChI is InChI=1S/C16H18BrFN2O2/c17-13-6-15(19)14(18)7-16(13)20-8-12(21)10-22-9-11-4-2-1-3-5-11/h1-7,12,20-21H,8-10,19H2/t12-/m1/s1. The Morgan fingerprint density at radius 2 is 2.00 bits per heavy atom. The van der Waals surface area contributed by atoms with Crippen molar-refractivity contribution in [3.05, 3.63) is 58.3 Å². The van der Waals surface area contributed by atoms with E-state index in [2.05, 4.69) is 21.2 Å². The van der Waals surface area contributed by atoms with Gasteiger partial charge in [-0.15, -0.1) is 0 Å². The smallest absolute Gasteiger partial charge is 0.148 e. The third kappa shape index (κ3) is 4.98. The van der Waals surface area contributed by atoms with Gasteiger partial charge in [0.2, 0.25) is 0 Å². The Morgan fingerprint density at radius 3 is 2.73 bits per heavy atom. The summed E-state index contributed by atoms with van der Waals surface area (Å²) < 4.78 is 19.5. The number of hydrogen-bond acceptors (Lipinski definition) is 4. The van der Waals surface area contributed by atoms with Gasteiger partial charge in [0, 0.05) is 17.1 Å². The van der Waals surface area contributed by atoms with E-state index in [1.165, 1.54) is 12.1 Å². The summed E-state index contributed by atoms with van der Waals surface area (Å²) in [7, 11) is 0. The minimum Gasteiger partial charge on any atom is -0.396 e. The van der Waals surface area contributed by atoms with Crippen LogP contribution in [0.3, 0.4) is 0 Å². The lowest BCUT2D eigenvalue weighted by Crippen LogP contribution is -2.25. The summed E-state index contributed by atoms with van der Waals surface area (Å²) in [6, 6.07) is 12.5. The number of hydrogen-bond donors (Lipinski definition) is 3.